The molecule has 0 unspecified atom stereocenters. The highest BCUT2D eigenvalue weighted by Crippen LogP contribution is 2.29. The van der Waals surface area contributed by atoms with Gasteiger partial charge in [-0.15, -0.1) is 13.2 Å². The molecule has 0 amide bonds. The van der Waals surface area contributed by atoms with Crippen LogP contribution in [0.15, 0.2) is 29.8 Å². The Hall–Kier alpha value is -3.54. The Labute approximate surface area is 164 Å². The summed E-state index contributed by atoms with van der Waals surface area (Å²) in [6.07, 6.45) is -3.93. The summed E-state index contributed by atoms with van der Waals surface area (Å²) >= 11 is 0. The van der Waals surface area contributed by atoms with Gasteiger partial charge < -0.3 is 14.5 Å². The van der Waals surface area contributed by atoms with Gasteiger partial charge in [0.25, 0.3) is 0 Å². The number of aromatic amines is 1. The number of benzene rings is 1. The number of ether oxygens (including phenoxy) is 2. The highest BCUT2D eigenvalue weighted by Gasteiger charge is 2.32. The van der Waals surface area contributed by atoms with E-state index in [1.807, 2.05) is 0 Å². The lowest BCUT2D eigenvalue weighted by Gasteiger charge is -2.11. The molecule has 0 radical (unpaired) electrons. The van der Waals surface area contributed by atoms with Gasteiger partial charge in [0.1, 0.15) is 17.4 Å². The molecule has 2 aromatic rings. The summed E-state index contributed by atoms with van der Waals surface area (Å²) in [5.41, 5.74) is 0.291. The standard InChI is InChI=1S/C20H17F3N2O4/c1-4-28-19(27)16-11(2)17(25-12(16)3)18(26)14(10-24)9-13-7-5-6-8-15(13)29-20(21,22)23/h5-9,25H,4H2,1-3H3/b14-9+. The smallest absolute Gasteiger partial charge is 0.462 e. The number of para-hydroxylation sites is 1. The zero-order valence-corrected chi connectivity index (χ0v) is 15.8. The maximum atomic E-state index is 12.8. The van der Waals surface area contributed by atoms with E-state index >= 15 is 0 Å². The molecule has 0 aliphatic rings. The minimum absolute atomic E-state index is 0.0208. The number of rotatable bonds is 6. The average Bonchev–Trinajstić information content (AvgIpc) is 2.93. The number of hydrogen-bond acceptors (Lipinski definition) is 5. The molecule has 152 valence electrons. The summed E-state index contributed by atoms with van der Waals surface area (Å²) in [5, 5.41) is 9.40. The Morgan fingerprint density at radius 3 is 2.48 bits per heavy atom. The number of hydrogen-bond donors (Lipinski definition) is 1. The van der Waals surface area contributed by atoms with Crippen molar-refractivity contribution in [2.24, 2.45) is 0 Å². The van der Waals surface area contributed by atoms with Crippen molar-refractivity contribution in [3.8, 4) is 11.8 Å². The van der Waals surface area contributed by atoms with E-state index in [1.54, 1.807) is 19.9 Å². The van der Waals surface area contributed by atoms with Gasteiger partial charge in [-0.2, -0.15) is 5.26 Å². The van der Waals surface area contributed by atoms with Crippen LogP contribution in [0, 0.1) is 25.2 Å². The number of carbonyl (C=O) groups excluding carboxylic acids is 2. The third-order valence-electron chi connectivity index (χ3n) is 3.95. The SMILES string of the molecule is CCOC(=O)c1c(C)[nH]c(C(=O)/C(C#N)=C/c2ccccc2OC(F)(F)F)c1C. The lowest BCUT2D eigenvalue weighted by atomic mass is 10.0. The van der Waals surface area contributed by atoms with Crippen LogP contribution in [-0.4, -0.2) is 29.7 Å². The molecule has 1 aromatic heterocycles. The summed E-state index contributed by atoms with van der Waals surface area (Å²) in [6.45, 7) is 4.86. The van der Waals surface area contributed by atoms with Crippen molar-refractivity contribution in [3.63, 3.8) is 0 Å². The first-order chi connectivity index (χ1) is 13.6. The summed E-state index contributed by atoms with van der Waals surface area (Å²) < 4.78 is 46.6. The van der Waals surface area contributed by atoms with Crippen LogP contribution in [-0.2, 0) is 4.74 Å². The average molecular weight is 406 g/mol. The Balaban J connectivity index is 2.47. The van der Waals surface area contributed by atoms with Gasteiger partial charge in [0, 0.05) is 11.3 Å². The van der Waals surface area contributed by atoms with E-state index in [0.717, 1.165) is 12.1 Å². The van der Waals surface area contributed by atoms with Gasteiger partial charge in [-0.05, 0) is 38.5 Å². The molecular weight excluding hydrogens is 389 g/mol. The maximum absolute atomic E-state index is 12.8. The van der Waals surface area contributed by atoms with Gasteiger partial charge >= 0.3 is 12.3 Å². The van der Waals surface area contributed by atoms with Gasteiger partial charge in [-0.3, -0.25) is 4.79 Å². The van der Waals surface area contributed by atoms with Crippen LogP contribution in [0.3, 0.4) is 0 Å². The number of nitrogens with one attached hydrogen (secondary N) is 1. The van der Waals surface area contributed by atoms with E-state index in [4.69, 9.17) is 4.74 Å². The molecule has 1 heterocycles. The molecule has 0 bridgehead atoms. The van der Waals surface area contributed by atoms with Crippen LogP contribution in [0.25, 0.3) is 6.08 Å². The number of nitriles is 1. The fourth-order valence-electron chi connectivity index (χ4n) is 2.74. The van der Waals surface area contributed by atoms with E-state index < -0.39 is 29.4 Å². The topological polar surface area (TPSA) is 92.2 Å². The summed E-state index contributed by atoms with van der Waals surface area (Å²) in [5.74, 6) is -1.94. The molecule has 0 saturated carbocycles. The summed E-state index contributed by atoms with van der Waals surface area (Å²) in [4.78, 5) is 27.6. The van der Waals surface area contributed by atoms with Crippen LogP contribution in [0.5, 0.6) is 5.75 Å². The van der Waals surface area contributed by atoms with Crippen molar-refractivity contribution < 1.29 is 32.2 Å². The largest absolute Gasteiger partial charge is 0.573 e. The first-order valence-electron chi connectivity index (χ1n) is 8.46. The van der Waals surface area contributed by atoms with Crippen molar-refractivity contribution in [1.82, 2.24) is 4.98 Å². The Kier molecular flexibility index (Phi) is 6.49. The fourth-order valence-corrected chi connectivity index (χ4v) is 2.74. The molecular formula is C20H17F3N2O4. The van der Waals surface area contributed by atoms with E-state index in [2.05, 4.69) is 9.72 Å². The molecule has 0 saturated heterocycles. The quantitative estimate of drug-likeness (QED) is 0.330. The second-order valence-corrected chi connectivity index (χ2v) is 5.93. The van der Waals surface area contributed by atoms with E-state index in [0.29, 0.717) is 5.69 Å². The highest BCUT2D eigenvalue weighted by atomic mass is 19.4. The number of H-pyrrole nitrogens is 1. The minimum Gasteiger partial charge on any atom is -0.462 e. The Bertz CT molecular complexity index is 1010. The Morgan fingerprint density at radius 2 is 1.90 bits per heavy atom. The number of aryl methyl sites for hydroxylation is 1. The third kappa shape index (κ3) is 5.04. The van der Waals surface area contributed by atoms with Gasteiger partial charge in [0.15, 0.2) is 0 Å². The first kappa shape index (κ1) is 21.8. The molecule has 1 N–H and O–H groups in total. The predicted octanol–water partition coefficient (Wildman–Crippen LogP) is 4.50. The molecule has 29 heavy (non-hydrogen) atoms. The molecule has 0 spiro atoms. The molecule has 6 nitrogen and oxygen atoms in total. The molecule has 0 atom stereocenters. The number of ketones is 1. The monoisotopic (exact) mass is 406 g/mol. The first-order valence-corrected chi connectivity index (χ1v) is 8.46. The maximum Gasteiger partial charge on any atom is 0.573 e. The molecule has 9 heteroatoms. The van der Waals surface area contributed by atoms with Crippen molar-refractivity contribution in [1.29, 1.82) is 5.26 Å². The molecule has 0 aliphatic heterocycles. The van der Waals surface area contributed by atoms with Crippen molar-refractivity contribution >= 4 is 17.8 Å². The molecule has 1 aromatic carbocycles. The summed E-state index contributed by atoms with van der Waals surface area (Å²) in [7, 11) is 0. The fraction of sp³-hybridized carbons (Fsp3) is 0.250. The van der Waals surface area contributed by atoms with Crippen LogP contribution >= 0.6 is 0 Å². The molecule has 0 fully saturated rings. The number of nitrogens with zero attached hydrogens (tertiary/aromatic N) is 1. The van der Waals surface area contributed by atoms with Crippen molar-refractivity contribution in [3.05, 3.63) is 57.9 Å². The Morgan fingerprint density at radius 1 is 1.24 bits per heavy atom. The number of carbonyl (C=O) groups is 2. The third-order valence-corrected chi connectivity index (χ3v) is 3.95. The summed E-state index contributed by atoms with van der Waals surface area (Å²) in [6, 6.07) is 6.81. The zero-order chi connectivity index (χ0) is 21.8. The molecule has 2 rings (SSSR count). The van der Waals surface area contributed by atoms with E-state index in [9.17, 15) is 28.0 Å². The molecule has 0 aliphatic carbocycles. The van der Waals surface area contributed by atoms with Gasteiger partial charge in [-0.25, -0.2) is 4.79 Å². The number of alkyl halides is 3. The van der Waals surface area contributed by atoms with Gasteiger partial charge in [-0.1, -0.05) is 18.2 Å². The number of aromatic nitrogens is 1. The van der Waals surface area contributed by atoms with Gasteiger partial charge in [0.05, 0.1) is 17.9 Å². The number of Topliss-reactive ketones (excluding diaryl/α,β-unsaturated/α-hetero) is 1. The van der Waals surface area contributed by atoms with E-state index in [1.165, 1.54) is 25.1 Å². The van der Waals surface area contributed by atoms with Gasteiger partial charge in [0.2, 0.25) is 5.78 Å². The lowest BCUT2D eigenvalue weighted by Crippen LogP contribution is -2.17. The lowest BCUT2D eigenvalue weighted by molar-refractivity contribution is -0.274. The van der Waals surface area contributed by atoms with Crippen molar-refractivity contribution in [2.75, 3.05) is 6.61 Å². The number of esters is 1. The van der Waals surface area contributed by atoms with Crippen molar-refractivity contribution in [2.45, 2.75) is 27.1 Å². The van der Waals surface area contributed by atoms with Crippen LogP contribution in [0.1, 0.15) is 44.6 Å². The zero-order valence-electron chi connectivity index (χ0n) is 15.8. The normalized spacial score (nSPS) is 11.7. The predicted molar refractivity (Wildman–Crippen MR) is 97.3 cm³/mol. The second kappa shape index (κ2) is 8.65. The number of allylic oxidation sites excluding steroid dienone is 1. The second-order valence-electron chi connectivity index (χ2n) is 5.93. The van der Waals surface area contributed by atoms with Crippen LogP contribution < -0.4 is 4.74 Å². The highest BCUT2D eigenvalue weighted by molar-refractivity contribution is 6.15. The van der Waals surface area contributed by atoms with Crippen LogP contribution in [0.4, 0.5) is 13.2 Å². The minimum atomic E-state index is -4.93. The van der Waals surface area contributed by atoms with E-state index in [-0.39, 0.29) is 29.0 Å². The number of halogens is 3. The van der Waals surface area contributed by atoms with Crippen LogP contribution in [0.2, 0.25) is 0 Å².